The molecule has 21 heavy (non-hydrogen) atoms. The Morgan fingerprint density at radius 1 is 0.905 bits per heavy atom. The Kier molecular flexibility index (Phi) is 6.24. The van der Waals surface area contributed by atoms with Crippen molar-refractivity contribution in [2.45, 2.75) is 25.1 Å². The minimum Gasteiger partial charge on any atom is -0.324 e. The molecule has 0 bridgehead atoms. The molecule has 0 spiro atoms. The lowest BCUT2D eigenvalue weighted by atomic mass is 9.99. The Bertz CT molecular complexity index is 538. The quantitative estimate of drug-likeness (QED) is 0.865. The molecule has 0 fully saturated rings. The topological polar surface area (TPSA) is 26.0 Å². The van der Waals surface area contributed by atoms with Gasteiger partial charge in [-0.05, 0) is 36.1 Å². The predicted octanol–water partition coefficient (Wildman–Crippen LogP) is 4.76. The van der Waals surface area contributed by atoms with Crippen LogP contribution < -0.4 is 5.73 Å². The molecule has 1 unspecified atom stereocenters. The van der Waals surface area contributed by atoms with Crippen molar-refractivity contribution in [1.82, 2.24) is 0 Å². The summed E-state index contributed by atoms with van der Waals surface area (Å²) in [6.45, 7) is 0. The number of halogens is 4. The smallest absolute Gasteiger partial charge is 0.324 e. The van der Waals surface area contributed by atoms with Gasteiger partial charge >= 0.3 is 6.18 Å². The van der Waals surface area contributed by atoms with Crippen LogP contribution in [0.15, 0.2) is 54.6 Å². The first-order chi connectivity index (χ1) is 9.47. The van der Waals surface area contributed by atoms with Gasteiger partial charge in [0.15, 0.2) is 0 Å². The minimum atomic E-state index is -4.30. The number of rotatable bonds is 4. The van der Waals surface area contributed by atoms with E-state index in [4.69, 9.17) is 5.73 Å². The zero-order valence-electron chi connectivity index (χ0n) is 11.3. The van der Waals surface area contributed by atoms with E-state index >= 15 is 0 Å². The lowest BCUT2D eigenvalue weighted by Crippen LogP contribution is -2.12. The fourth-order valence-electron chi connectivity index (χ4n) is 2.05. The van der Waals surface area contributed by atoms with Crippen molar-refractivity contribution in [3.05, 3.63) is 71.3 Å². The number of aryl methyl sites for hydroxylation is 1. The summed E-state index contributed by atoms with van der Waals surface area (Å²) in [6.07, 6.45) is -2.79. The molecule has 1 atom stereocenters. The average Bonchev–Trinajstić information content (AvgIpc) is 2.45. The van der Waals surface area contributed by atoms with E-state index in [0.29, 0.717) is 6.42 Å². The van der Waals surface area contributed by atoms with Crippen molar-refractivity contribution >= 4 is 12.4 Å². The van der Waals surface area contributed by atoms with Gasteiger partial charge in [0.1, 0.15) is 0 Å². The van der Waals surface area contributed by atoms with E-state index in [9.17, 15) is 13.2 Å². The molecule has 0 saturated carbocycles. The van der Waals surface area contributed by atoms with Crippen LogP contribution in [-0.4, -0.2) is 0 Å². The van der Waals surface area contributed by atoms with Crippen LogP contribution in [0.2, 0.25) is 0 Å². The van der Waals surface area contributed by atoms with Crippen LogP contribution in [0.5, 0.6) is 0 Å². The first-order valence-electron chi connectivity index (χ1n) is 6.43. The lowest BCUT2D eigenvalue weighted by Gasteiger charge is -2.13. The maximum atomic E-state index is 12.5. The van der Waals surface area contributed by atoms with Crippen molar-refractivity contribution in [2.24, 2.45) is 5.73 Å². The van der Waals surface area contributed by atoms with E-state index in [1.54, 1.807) is 0 Å². The largest absolute Gasteiger partial charge is 0.416 e. The highest BCUT2D eigenvalue weighted by Crippen LogP contribution is 2.30. The normalized spacial score (nSPS) is 12.6. The van der Waals surface area contributed by atoms with Crippen LogP contribution in [0.25, 0.3) is 0 Å². The summed E-state index contributed by atoms with van der Waals surface area (Å²) in [4.78, 5) is 0. The maximum absolute atomic E-state index is 12.5. The molecule has 114 valence electrons. The molecule has 2 rings (SSSR count). The van der Waals surface area contributed by atoms with Gasteiger partial charge in [-0.15, -0.1) is 12.4 Å². The average molecular weight is 316 g/mol. The second-order valence-corrected chi connectivity index (χ2v) is 4.75. The number of hydrogen-bond donors (Lipinski definition) is 1. The van der Waals surface area contributed by atoms with Crippen LogP contribution in [0.3, 0.4) is 0 Å². The highest BCUT2D eigenvalue weighted by atomic mass is 35.5. The zero-order valence-corrected chi connectivity index (χ0v) is 12.1. The van der Waals surface area contributed by atoms with Gasteiger partial charge < -0.3 is 5.73 Å². The summed E-state index contributed by atoms with van der Waals surface area (Å²) in [7, 11) is 0. The zero-order chi connectivity index (χ0) is 14.6. The highest BCUT2D eigenvalue weighted by Gasteiger charge is 2.30. The van der Waals surface area contributed by atoms with Gasteiger partial charge in [-0.2, -0.15) is 13.2 Å². The molecule has 0 heterocycles. The van der Waals surface area contributed by atoms with Gasteiger partial charge in [-0.3, -0.25) is 0 Å². The summed E-state index contributed by atoms with van der Waals surface area (Å²) in [6, 6.07) is 14.7. The molecular formula is C16H17ClF3N. The van der Waals surface area contributed by atoms with Crippen LogP contribution in [0.4, 0.5) is 13.2 Å². The third kappa shape index (κ3) is 5.06. The Morgan fingerprint density at radius 2 is 1.48 bits per heavy atom. The monoisotopic (exact) mass is 315 g/mol. The van der Waals surface area contributed by atoms with Crippen LogP contribution in [-0.2, 0) is 12.6 Å². The first kappa shape index (κ1) is 17.5. The van der Waals surface area contributed by atoms with Crippen molar-refractivity contribution < 1.29 is 13.2 Å². The van der Waals surface area contributed by atoms with Crippen molar-refractivity contribution in [3.8, 4) is 0 Å². The summed E-state index contributed by atoms with van der Waals surface area (Å²) in [5.41, 5.74) is 7.28. The third-order valence-electron chi connectivity index (χ3n) is 3.25. The van der Waals surface area contributed by atoms with Gasteiger partial charge in [0.2, 0.25) is 0 Å². The molecule has 0 aliphatic heterocycles. The molecule has 2 aromatic carbocycles. The summed E-state index contributed by atoms with van der Waals surface area (Å²) in [5.74, 6) is 0. The Balaban J connectivity index is 0.00000220. The Morgan fingerprint density at radius 3 is 2.00 bits per heavy atom. The van der Waals surface area contributed by atoms with Crippen LogP contribution >= 0.6 is 12.4 Å². The number of alkyl halides is 3. The molecule has 2 N–H and O–H groups in total. The van der Waals surface area contributed by atoms with Crippen molar-refractivity contribution in [2.75, 3.05) is 0 Å². The van der Waals surface area contributed by atoms with E-state index < -0.39 is 11.7 Å². The van der Waals surface area contributed by atoms with Crippen LogP contribution in [0.1, 0.15) is 29.2 Å². The third-order valence-corrected chi connectivity index (χ3v) is 3.25. The molecular weight excluding hydrogens is 299 g/mol. The summed E-state index contributed by atoms with van der Waals surface area (Å²) in [5, 5.41) is 0. The van der Waals surface area contributed by atoms with Gasteiger partial charge in [-0.1, -0.05) is 42.5 Å². The number of hydrogen-bond acceptors (Lipinski definition) is 1. The number of nitrogens with two attached hydrogens (primary N) is 1. The van der Waals surface area contributed by atoms with Gasteiger partial charge in [0.05, 0.1) is 5.56 Å². The second kappa shape index (κ2) is 7.48. The van der Waals surface area contributed by atoms with E-state index in [2.05, 4.69) is 0 Å². The molecule has 0 aromatic heterocycles. The summed E-state index contributed by atoms with van der Waals surface area (Å²) >= 11 is 0. The molecule has 2 aromatic rings. The van der Waals surface area contributed by atoms with E-state index in [0.717, 1.165) is 24.1 Å². The van der Waals surface area contributed by atoms with E-state index in [-0.39, 0.29) is 18.4 Å². The second-order valence-electron chi connectivity index (χ2n) is 4.75. The highest BCUT2D eigenvalue weighted by molar-refractivity contribution is 5.85. The molecule has 0 radical (unpaired) electrons. The number of benzene rings is 2. The Hall–Kier alpha value is -1.52. The fraction of sp³-hybridized carbons (Fsp3) is 0.250. The molecule has 0 amide bonds. The minimum absolute atomic E-state index is 0. The van der Waals surface area contributed by atoms with Crippen molar-refractivity contribution in [1.29, 1.82) is 0 Å². The van der Waals surface area contributed by atoms with Crippen molar-refractivity contribution in [3.63, 3.8) is 0 Å². The molecule has 1 nitrogen and oxygen atoms in total. The SMILES string of the molecule is Cl.NC(CCc1ccccc1)c1ccc(C(F)(F)F)cc1. The van der Waals surface area contributed by atoms with Crippen LogP contribution in [0, 0.1) is 0 Å². The lowest BCUT2D eigenvalue weighted by molar-refractivity contribution is -0.137. The van der Waals surface area contributed by atoms with E-state index in [1.165, 1.54) is 17.7 Å². The standard InChI is InChI=1S/C16H16F3N.ClH/c17-16(18,19)14-9-7-13(8-10-14)15(20)11-6-12-4-2-1-3-5-12;/h1-5,7-10,15H,6,11,20H2;1H. The fourth-order valence-corrected chi connectivity index (χ4v) is 2.05. The summed E-state index contributed by atoms with van der Waals surface area (Å²) < 4.78 is 37.4. The molecule has 0 saturated heterocycles. The predicted molar refractivity (Wildman–Crippen MR) is 80.4 cm³/mol. The van der Waals surface area contributed by atoms with Gasteiger partial charge in [-0.25, -0.2) is 0 Å². The Labute approximate surface area is 128 Å². The molecule has 0 aliphatic carbocycles. The van der Waals surface area contributed by atoms with Gasteiger partial charge in [0, 0.05) is 6.04 Å². The maximum Gasteiger partial charge on any atom is 0.416 e. The first-order valence-corrected chi connectivity index (χ1v) is 6.43. The molecule has 0 aliphatic rings. The molecule has 5 heteroatoms. The van der Waals surface area contributed by atoms with Gasteiger partial charge in [0.25, 0.3) is 0 Å². The van der Waals surface area contributed by atoms with E-state index in [1.807, 2.05) is 30.3 Å².